The van der Waals surface area contributed by atoms with Gasteiger partial charge in [-0.1, -0.05) is 37.3 Å². The Morgan fingerprint density at radius 3 is 2.71 bits per heavy atom. The van der Waals surface area contributed by atoms with E-state index in [1.165, 1.54) is 0 Å². The molecule has 1 aromatic carbocycles. The van der Waals surface area contributed by atoms with Crippen LogP contribution >= 0.6 is 0 Å². The van der Waals surface area contributed by atoms with Crippen molar-refractivity contribution in [2.24, 2.45) is 0 Å². The van der Waals surface area contributed by atoms with Gasteiger partial charge in [-0.2, -0.15) is 4.98 Å². The van der Waals surface area contributed by atoms with Crippen LogP contribution in [0.5, 0.6) is 5.88 Å². The minimum atomic E-state index is -1.04. The molecular formula is C15H17N3O3. The molecule has 2 N–H and O–H groups in total. The molecule has 0 bridgehead atoms. The summed E-state index contributed by atoms with van der Waals surface area (Å²) in [5.41, 5.74) is 1.90. The number of rotatable bonds is 7. The molecule has 0 amide bonds. The molecule has 0 fully saturated rings. The van der Waals surface area contributed by atoms with Crippen LogP contribution < -0.4 is 10.1 Å². The van der Waals surface area contributed by atoms with E-state index in [-0.39, 0.29) is 5.88 Å². The highest BCUT2D eigenvalue weighted by Crippen LogP contribution is 2.14. The molecule has 1 heterocycles. The number of hydrogen-bond donors (Lipinski definition) is 2. The van der Waals surface area contributed by atoms with Gasteiger partial charge in [0.2, 0.25) is 11.8 Å². The van der Waals surface area contributed by atoms with Crippen LogP contribution in [-0.4, -0.2) is 27.7 Å². The predicted molar refractivity (Wildman–Crippen MR) is 78.3 cm³/mol. The van der Waals surface area contributed by atoms with Gasteiger partial charge in [0.1, 0.15) is 0 Å². The van der Waals surface area contributed by atoms with Crippen LogP contribution in [0.4, 0.5) is 5.95 Å². The first kappa shape index (κ1) is 14.8. The van der Waals surface area contributed by atoms with Crippen molar-refractivity contribution in [1.82, 2.24) is 9.97 Å². The summed E-state index contributed by atoms with van der Waals surface area (Å²) in [6.07, 6.45) is 0.714. The van der Waals surface area contributed by atoms with Gasteiger partial charge in [-0.25, -0.2) is 9.78 Å². The third-order valence-electron chi connectivity index (χ3n) is 2.75. The van der Waals surface area contributed by atoms with Gasteiger partial charge < -0.3 is 15.2 Å². The Labute approximate surface area is 122 Å². The van der Waals surface area contributed by atoms with Crippen LogP contribution in [0.1, 0.15) is 18.2 Å². The minimum Gasteiger partial charge on any atom is -0.479 e. The summed E-state index contributed by atoms with van der Waals surface area (Å²) >= 11 is 0. The van der Waals surface area contributed by atoms with Crippen molar-refractivity contribution in [3.05, 3.63) is 47.7 Å². The standard InChI is InChI=1S/C15H17N3O3/c1-2-12-8-13(21-10-14(19)20)18-15(17-12)16-9-11-6-4-3-5-7-11/h3-8H,2,9-10H2,1H3,(H,19,20)(H,16,17,18). The third-order valence-corrected chi connectivity index (χ3v) is 2.75. The zero-order valence-corrected chi connectivity index (χ0v) is 11.7. The number of carboxylic acid groups (broad SMARTS) is 1. The first-order chi connectivity index (χ1) is 10.2. The summed E-state index contributed by atoms with van der Waals surface area (Å²) in [4.78, 5) is 19.0. The minimum absolute atomic E-state index is 0.264. The molecule has 1 aromatic heterocycles. The zero-order chi connectivity index (χ0) is 15.1. The molecule has 0 radical (unpaired) electrons. The van der Waals surface area contributed by atoms with Crippen LogP contribution in [0.2, 0.25) is 0 Å². The molecule has 6 nitrogen and oxygen atoms in total. The summed E-state index contributed by atoms with van der Waals surface area (Å²) in [7, 11) is 0. The highest BCUT2D eigenvalue weighted by atomic mass is 16.5. The number of nitrogens with zero attached hydrogens (tertiary/aromatic N) is 2. The summed E-state index contributed by atoms with van der Waals surface area (Å²) in [5, 5.41) is 11.8. The summed E-state index contributed by atoms with van der Waals surface area (Å²) in [5.74, 6) is -0.344. The lowest BCUT2D eigenvalue weighted by Gasteiger charge is -2.09. The van der Waals surface area contributed by atoms with E-state index in [0.717, 1.165) is 11.3 Å². The molecule has 0 spiro atoms. The quantitative estimate of drug-likeness (QED) is 0.811. The molecule has 0 saturated carbocycles. The van der Waals surface area contributed by atoms with Crippen molar-refractivity contribution in [2.75, 3.05) is 11.9 Å². The maximum absolute atomic E-state index is 10.5. The average molecular weight is 287 g/mol. The van der Waals surface area contributed by atoms with E-state index in [2.05, 4.69) is 15.3 Å². The number of nitrogens with one attached hydrogen (secondary N) is 1. The molecule has 2 rings (SSSR count). The van der Waals surface area contributed by atoms with Crippen LogP contribution in [-0.2, 0) is 17.8 Å². The molecule has 0 aliphatic rings. The molecular weight excluding hydrogens is 270 g/mol. The Balaban J connectivity index is 2.07. The van der Waals surface area contributed by atoms with Crippen molar-refractivity contribution >= 4 is 11.9 Å². The number of carbonyl (C=O) groups is 1. The molecule has 2 aromatic rings. The molecule has 110 valence electrons. The first-order valence-electron chi connectivity index (χ1n) is 6.67. The second-order valence-corrected chi connectivity index (χ2v) is 4.40. The summed E-state index contributed by atoms with van der Waals surface area (Å²) < 4.78 is 5.11. The number of ether oxygens (including phenoxy) is 1. The Morgan fingerprint density at radius 1 is 1.29 bits per heavy atom. The maximum atomic E-state index is 10.5. The van der Waals surface area contributed by atoms with E-state index in [4.69, 9.17) is 9.84 Å². The normalized spacial score (nSPS) is 10.1. The van der Waals surface area contributed by atoms with Gasteiger partial charge in [0, 0.05) is 18.3 Å². The fourth-order valence-corrected chi connectivity index (χ4v) is 1.72. The molecule has 0 atom stereocenters. The number of aryl methyl sites for hydroxylation is 1. The fraction of sp³-hybridized carbons (Fsp3) is 0.267. The molecule has 6 heteroatoms. The largest absolute Gasteiger partial charge is 0.479 e. The third kappa shape index (κ3) is 4.76. The SMILES string of the molecule is CCc1cc(OCC(=O)O)nc(NCc2ccccc2)n1. The average Bonchev–Trinajstić information content (AvgIpc) is 2.51. The van der Waals surface area contributed by atoms with Gasteiger partial charge in [-0.3, -0.25) is 0 Å². The van der Waals surface area contributed by atoms with Gasteiger partial charge in [0.15, 0.2) is 6.61 Å². The number of hydrogen-bond acceptors (Lipinski definition) is 5. The number of aliphatic carboxylic acids is 1. The van der Waals surface area contributed by atoms with Crippen LogP contribution in [0.15, 0.2) is 36.4 Å². The lowest BCUT2D eigenvalue weighted by atomic mass is 10.2. The Kier molecular flexibility index (Phi) is 5.09. The monoisotopic (exact) mass is 287 g/mol. The number of aromatic nitrogens is 2. The molecule has 0 unspecified atom stereocenters. The lowest BCUT2D eigenvalue weighted by molar-refractivity contribution is -0.139. The van der Waals surface area contributed by atoms with Crippen LogP contribution in [0.3, 0.4) is 0 Å². The van der Waals surface area contributed by atoms with E-state index in [1.807, 2.05) is 37.3 Å². The Morgan fingerprint density at radius 2 is 2.05 bits per heavy atom. The first-order valence-corrected chi connectivity index (χ1v) is 6.67. The van der Waals surface area contributed by atoms with Gasteiger partial charge >= 0.3 is 5.97 Å². The van der Waals surface area contributed by atoms with Crippen LogP contribution in [0.25, 0.3) is 0 Å². The van der Waals surface area contributed by atoms with E-state index in [9.17, 15) is 4.79 Å². The molecule has 0 aliphatic carbocycles. The number of benzene rings is 1. The van der Waals surface area contributed by atoms with Crippen LogP contribution in [0, 0.1) is 0 Å². The van der Waals surface area contributed by atoms with Gasteiger partial charge in [0.25, 0.3) is 0 Å². The zero-order valence-electron chi connectivity index (χ0n) is 11.7. The van der Waals surface area contributed by atoms with Crippen molar-refractivity contribution < 1.29 is 14.6 Å². The van der Waals surface area contributed by atoms with E-state index in [1.54, 1.807) is 6.07 Å². The second-order valence-electron chi connectivity index (χ2n) is 4.40. The van der Waals surface area contributed by atoms with Crippen molar-refractivity contribution in [3.8, 4) is 5.88 Å². The molecule has 0 aliphatic heterocycles. The van der Waals surface area contributed by atoms with Gasteiger partial charge in [-0.15, -0.1) is 0 Å². The topological polar surface area (TPSA) is 84.3 Å². The van der Waals surface area contributed by atoms with E-state index >= 15 is 0 Å². The van der Waals surface area contributed by atoms with E-state index < -0.39 is 12.6 Å². The highest BCUT2D eigenvalue weighted by Gasteiger charge is 2.06. The lowest BCUT2D eigenvalue weighted by Crippen LogP contribution is -2.12. The maximum Gasteiger partial charge on any atom is 0.341 e. The summed E-state index contributed by atoms with van der Waals surface area (Å²) in [6, 6.07) is 11.5. The van der Waals surface area contributed by atoms with Crippen molar-refractivity contribution in [3.63, 3.8) is 0 Å². The predicted octanol–water partition coefficient (Wildman–Crippen LogP) is 2.11. The second kappa shape index (κ2) is 7.23. The Hall–Kier alpha value is -2.63. The van der Waals surface area contributed by atoms with Gasteiger partial charge in [-0.05, 0) is 12.0 Å². The Bertz CT molecular complexity index is 602. The van der Waals surface area contributed by atoms with E-state index in [0.29, 0.717) is 18.9 Å². The fourth-order valence-electron chi connectivity index (χ4n) is 1.72. The van der Waals surface area contributed by atoms with Crippen molar-refractivity contribution in [2.45, 2.75) is 19.9 Å². The highest BCUT2D eigenvalue weighted by molar-refractivity contribution is 5.68. The number of carboxylic acids is 1. The molecule has 0 saturated heterocycles. The van der Waals surface area contributed by atoms with Gasteiger partial charge in [0.05, 0.1) is 0 Å². The smallest absolute Gasteiger partial charge is 0.341 e. The molecule has 21 heavy (non-hydrogen) atoms. The number of anilines is 1. The van der Waals surface area contributed by atoms with Crippen molar-refractivity contribution in [1.29, 1.82) is 0 Å². The summed E-state index contributed by atoms with van der Waals surface area (Å²) in [6.45, 7) is 2.13.